The van der Waals surface area contributed by atoms with Crippen LogP contribution in [-0.2, 0) is 9.53 Å². The van der Waals surface area contributed by atoms with E-state index in [-0.39, 0.29) is 19.6 Å². The maximum atomic E-state index is 11.4. The number of esters is 1. The summed E-state index contributed by atoms with van der Waals surface area (Å²) in [4.78, 5) is 21.6. The Morgan fingerprint density at radius 2 is 2.06 bits per heavy atom. The number of carbonyl (C=O) groups is 1. The van der Waals surface area contributed by atoms with Gasteiger partial charge in [0.2, 0.25) is 6.54 Å². The van der Waals surface area contributed by atoms with Crippen molar-refractivity contribution in [3.8, 4) is 0 Å². The summed E-state index contributed by atoms with van der Waals surface area (Å²) >= 11 is 3.30. The van der Waals surface area contributed by atoms with Gasteiger partial charge in [0.1, 0.15) is 0 Å². The molecule has 0 N–H and O–H groups in total. The van der Waals surface area contributed by atoms with Crippen LogP contribution in [0.5, 0.6) is 0 Å². The zero-order valence-electron chi connectivity index (χ0n) is 9.97. The monoisotopic (exact) mass is 315 g/mol. The van der Waals surface area contributed by atoms with Crippen molar-refractivity contribution in [1.82, 2.24) is 0 Å². The van der Waals surface area contributed by atoms with Gasteiger partial charge < -0.3 is 4.74 Å². The van der Waals surface area contributed by atoms with Gasteiger partial charge in [-0.2, -0.15) is 0 Å². The Labute approximate surface area is 113 Å². The number of halogens is 1. The molecule has 0 fully saturated rings. The first-order chi connectivity index (χ1) is 8.52. The van der Waals surface area contributed by atoms with Gasteiger partial charge in [0, 0.05) is 9.40 Å². The van der Waals surface area contributed by atoms with E-state index < -0.39 is 16.8 Å². The third-order valence-electron chi connectivity index (χ3n) is 2.43. The highest BCUT2D eigenvalue weighted by Gasteiger charge is 2.22. The van der Waals surface area contributed by atoms with Crippen molar-refractivity contribution in [1.29, 1.82) is 0 Å². The quantitative estimate of drug-likeness (QED) is 0.460. The maximum Gasteiger partial charge on any atom is 0.306 e. The Kier molecular flexibility index (Phi) is 5.77. The fraction of sp³-hybridized carbons (Fsp3) is 0.417. The largest absolute Gasteiger partial charge is 0.466 e. The molecule has 0 radical (unpaired) electrons. The van der Waals surface area contributed by atoms with Crippen LogP contribution in [0.25, 0.3) is 0 Å². The van der Waals surface area contributed by atoms with Crippen LogP contribution < -0.4 is 0 Å². The van der Waals surface area contributed by atoms with Gasteiger partial charge >= 0.3 is 5.97 Å². The average molecular weight is 316 g/mol. The highest BCUT2D eigenvalue weighted by molar-refractivity contribution is 9.10. The predicted molar refractivity (Wildman–Crippen MR) is 70.0 cm³/mol. The molecule has 1 atom stereocenters. The Bertz CT molecular complexity index is 419. The summed E-state index contributed by atoms with van der Waals surface area (Å²) in [5.74, 6) is -0.862. The van der Waals surface area contributed by atoms with E-state index >= 15 is 0 Å². The Hall–Kier alpha value is -1.43. The number of nitro groups is 1. The molecule has 1 aromatic carbocycles. The van der Waals surface area contributed by atoms with Crippen molar-refractivity contribution >= 4 is 21.9 Å². The molecule has 0 aliphatic carbocycles. The van der Waals surface area contributed by atoms with Gasteiger partial charge in [-0.15, -0.1) is 0 Å². The fourth-order valence-corrected chi connectivity index (χ4v) is 1.89. The van der Waals surface area contributed by atoms with E-state index in [0.717, 1.165) is 10.0 Å². The molecule has 98 valence electrons. The highest BCUT2D eigenvalue weighted by Crippen LogP contribution is 2.22. The van der Waals surface area contributed by atoms with Crippen molar-refractivity contribution in [3.63, 3.8) is 0 Å². The number of hydrogen-bond acceptors (Lipinski definition) is 4. The van der Waals surface area contributed by atoms with Crippen LogP contribution >= 0.6 is 15.9 Å². The first-order valence-electron chi connectivity index (χ1n) is 5.55. The first-order valence-corrected chi connectivity index (χ1v) is 6.35. The van der Waals surface area contributed by atoms with E-state index in [1.807, 2.05) is 0 Å². The van der Waals surface area contributed by atoms with Crippen LogP contribution in [0, 0.1) is 10.1 Å². The summed E-state index contributed by atoms with van der Waals surface area (Å²) in [5.41, 5.74) is 0.767. The van der Waals surface area contributed by atoms with Crippen molar-refractivity contribution in [2.45, 2.75) is 19.3 Å². The summed E-state index contributed by atoms with van der Waals surface area (Å²) in [7, 11) is 0. The molecule has 5 nitrogen and oxygen atoms in total. The number of nitrogens with zero attached hydrogens (tertiary/aromatic N) is 1. The number of rotatable bonds is 6. The Morgan fingerprint density at radius 1 is 1.44 bits per heavy atom. The lowest BCUT2D eigenvalue weighted by atomic mass is 9.96. The molecular weight excluding hydrogens is 302 g/mol. The average Bonchev–Trinajstić information content (AvgIpc) is 2.28. The van der Waals surface area contributed by atoms with Crippen molar-refractivity contribution in [2.24, 2.45) is 0 Å². The molecule has 0 aliphatic rings. The van der Waals surface area contributed by atoms with Crippen LogP contribution in [0.2, 0.25) is 0 Å². The first kappa shape index (κ1) is 14.6. The number of benzene rings is 1. The fourth-order valence-electron chi connectivity index (χ4n) is 1.62. The third kappa shape index (κ3) is 4.83. The number of hydrogen-bond donors (Lipinski definition) is 0. The van der Waals surface area contributed by atoms with Crippen molar-refractivity contribution in [3.05, 3.63) is 44.4 Å². The standard InChI is InChI=1S/C12H14BrNO4/c1-2-18-12(15)7-10(8-14(16)17)9-3-5-11(13)6-4-9/h3-6,10H,2,7-8H2,1H3. The molecule has 1 unspecified atom stereocenters. The molecule has 0 saturated carbocycles. The molecule has 0 aliphatic heterocycles. The lowest BCUT2D eigenvalue weighted by molar-refractivity contribution is -0.483. The summed E-state index contributed by atoms with van der Waals surface area (Å²) in [6.07, 6.45) is 0.0243. The predicted octanol–water partition coefficient (Wildman–Crippen LogP) is 2.76. The molecular formula is C12H14BrNO4. The van der Waals surface area contributed by atoms with Crippen LogP contribution in [0.15, 0.2) is 28.7 Å². The van der Waals surface area contributed by atoms with E-state index in [1.54, 1.807) is 31.2 Å². The number of ether oxygens (including phenoxy) is 1. The topological polar surface area (TPSA) is 69.4 Å². The smallest absolute Gasteiger partial charge is 0.306 e. The lowest BCUT2D eigenvalue weighted by Gasteiger charge is -2.12. The molecule has 0 aromatic heterocycles. The van der Waals surface area contributed by atoms with E-state index in [1.165, 1.54) is 0 Å². The summed E-state index contributed by atoms with van der Waals surface area (Å²) in [5, 5.41) is 10.6. The molecule has 0 saturated heterocycles. The molecule has 0 bridgehead atoms. The minimum Gasteiger partial charge on any atom is -0.466 e. The number of carbonyl (C=O) groups excluding carboxylic acids is 1. The minimum absolute atomic E-state index is 0.0243. The van der Waals surface area contributed by atoms with Gasteiger partial charge in [-0.3, -0.25) is 14.9 Å². The second-order valence-corrected chi connectivity index (χ2v) is 4.69. The second-order valence-electron chi connectivity index (χ2n) is 3.77. The summed E-state index contributed by atoms with van der Waals surface area (Å²) in [6, 6.07) is 7.15. The van der Waals surface area contributed by atoms with Crippen LogP contribution in [-0.4, -0.2) is 24.0 Å². The molecule has 1 rings (SSSR count). The molecule has 18 heavy (non-hydrogen) atoms. The van der Waals surface area contributed by atoms with Gasteiger partial charge in [0.25, 0.3) is 0 Å². The molecule has 6 heteroatoms. The zero-order valence-corrected chi connectivity index (χ0v) is 11.6. The van der Waals surface area contributed by atoms with Crippen LogP contribution in [0.3, 0.4) is 0 Å². The second kappa shape index (κ2) is 7.10. The molecule has 0 heterocycles. The summed E-state index contributed by atoms with van der Waals surface area (Å²) in [6.45, 7) is 1.71. The molecule has 0 spiro atoms. The van der Waals surface area contributed by atoms with E-state index in [0.29, 0.717) is 0 Å². The zero-order chi connectivity index (χ0) is 13.5. The molecule has 1 aromatic rings. The SMILES string of the molecule is CCOC(=O)CC(C[N+](=O)[O-])c1ccc(Br)cc1. The van der Waals surface area contributed by atoms with Gasteiger partial charge in [-0.05, 0) is 24.6 Å². The minimum atomic E-state index is -0.452. The van der Waals surface area contributed by atoms with Crippen LogP contribution in [0.4, 0.5) is 0 Å². The van der Waals surface area contributed by atoms with E-state index in [4.69, 9.17) is 4.74 Å². The lowest BCUT2D eigenvalue weighted by Crippen LogP contribution is -2.18. The van der Waals surface area contributed by atoms with E-state index in [2.05, 4.69) is 15.9 Å². The van der Waals surface area contributed by atoms with Gasteiger partial charge in [0.15, 0.2) is 0 Å². The van der Waals surface area contributed by atoms with Gasteiger partial charge in [0.05, 0.1) is 18.9 Å². The van der Waals surface area contributed by atoms with Crippen molar-refractivity contribution in [2.75, 3.05) is 13.2 Å². The normalized spacial score (nSPS) is 11.9. The highest BCUT2D eigenvalue weighted by atomic mass is 79.9. The van der Waals surface area contributed by atoms with E-state index in [9.17, 15) is 14.9 Å². The van der Waals surface area contributed by atoms with Crippen LogP contribution in [0.1, 0.15) is 24.8 Å². The summed E-state index contributed by atoms with van der Waals surface area (Å²) < 4.78 is 5.72. The Morgan fingerprint density at radius 3 is 2.56 bits per heavy atom. The Balaban J connectivity index is 2.80. The van der Waals surface area contributed by atoms with Gasteiger partial charge in [-0.25, -0.2) is 0 Å². The van der Waals surface area contributed by atoms with Crippen molar-refractivity contribution < 1.29 is 14.5 Å². The molecule has 0 amide bonds. The maximum absolute atomic E-state index is 11.4. The van der Waals surface area contributed by atoms with Gasteiger partial charge in [-0.1, -0.05) is 28.1 Å². The third-order valence-corrected chi connectivity index (χ3v) is 2.96.